The van der Waals surface area contributed by atoms with Crippen LogP contribution in [0.4, 0.5) is 5.69 Å². The molecule has 1 rings (SSSR count). The lowest BCUT2D eigenvalue weighted by molar-refractivity contribution is 1.22. The van der Waals surface area contributed by atoms with Gasteiger partial charge in [-0.05, 0) is 24.6 Å². The van der Waals surface area contributed by atoms with E-state index < -0.39 is 0 Å². The Morgan fingerprint density at radius 3 is 2.69 bits per heavy atom. The van der Waals surface area contributed by atoms with Gasteiger partial charge in [-0.3, -0.25) is 0 Å². The molecule has 0 aromatic heterocycles. The Balaban J connectivity index is 2.50. The van der Waals surface area contributed by atoms with Crippen LogP contribution in [0.25, 0.3) is 0 Å². The molecule has 1 heteroatoms. The van der Waals surface area contributed by atoms with Crippen molar-refractivity contribution in [3.63, 3.8) is 0 Å². The van der Waals surface area contributed by atoms with E-state index in [1.807, 2.05) is 36.4 Å². The lowest BCUT2D eigenvalue weighted by atomic mass is 10.3. The van der Waals surface area contributed by atoms with Gasteiger partial charge >= 0.3 is 0 Å². The van der Waals surface area contributed by atoms with Gasteiger partial charge in [-0.15, -0.1) is 0 Å². The molecule has 0 fully saturated rings. The Hall–Kier alpha value is -1.50. The van der Waals surface area contributed by atoms with Gasteiger partial charge in [0.15, 0.2) is 0 Å². The zero-order valence-electron chi connectivity index (χ0n) is 7.96. The van der Waals surface area contributed by atoms with Crippen LogP contribution in [0.3, 0.4) is 0 Å². The molecular weight excluding hydrogens is 158 g/mol. The number of hydrogen-bond acceptors (Lipinski definition) is 1. The van der Waals surface area contributed by atoms with Crippen molar-refractivity contribution < 1.29 is 0 Å². The third-order valence-electron chi connectivity index (χ3n) is 1.63. The number of para-hydroxylation sites is 1. The van der Waals surface area contributed by atoms with Gasteiger partial charge in [0.1, 0.15) is 0 Å². The Bertz CT molecular complexity index is 285. The molecule has 0 heterocycles. The van der Waals surface area contributed by atoms with E-state index in [1.165, 1.54) is 0 Å². The van der Waals surface area contributed by atoms with E-state index in [-0.39, 0.29) is 0 Å². The maximum Gasteiger partial charge on any atom is 0.0384 e. The van der Waals surface area contributed by atoms with Gasteiger partial charge in [0.05, 0.1) is 0 Å². The van der Waals surface area contributed by atoms with E-state index in [9.17, 15) is 0 Å². The van der Waals surface area contributed by atoms with E-state index >= 15 is 0 Å². The van der Waals surface area contributed by atoms with Crippen LogP contribution in [0.5, 0.6) is 0 Å². The fourth-order valence-electron chi connectivity index (χ4n) is 1.01. The Kier molecular flexibility index (Phi) is 3.83. The summed E-state index contributed by atoms with van der Waals surface area (Å²) < 4.78 is 0. The van der Waals surface area contributed by atoms with Crippen molar-refractivity contribution in [3.8, 4) is 0 Å². The second-order valence-corrected chi connectivity index (χ2v) is 2.83. The van der Waals surface area contributed by atoms with Gasteiger partial charge in [-0.1, -0.05) is 37.8 Å². The second kappa shape index (κ2) is 5.20. The van der Waals surface area contributed by atoms with Crippen molar-refractivity contribution >= 4 is 5.69 Å². The molecule has 0 aliphatic rings. The number of allylic oxidation sites excluding steroid dienone is 2. The van der Waals surface area contributed by atoms with E-state index in [2.05, 4.69) is 24.9 Å². The summed E-state index contributed by atoms with van der Waals surface area (Å²) in [5.74, 6) is 0. The molecule has 0 aliphatic heterocycles. The number of rotatable bonds is 4. The quantitative estimate of drug-likeness (QED) is 0.686. The Labute approximate surface area is 79.8 Å². The molecule has 1 aromatic rings. The molecule has 1 nitrogen and oxygen atoms in total. The first-order valence-electron chi connectivity index (χ1n) is 4.50. The molecule has 1 aromatic carbocycles. The molecule has 0 saturated heterocycles. The van der Waals surface area contributed by atoms with Crippen LogP contribution >= 0.6 is 0 Å². The van der Waals surface area contributed by atoms with Crippen molar-refractivity contribution in [1.82, 2.24) is 0 Å². The average Bonchev–Trinajstić information content (AvgIpc) is 2.16. The zero-order valence-corrected chi connectivity index (χ0v) is 7.96. The van der Waals surface area contributed by atoms with E-state index in [4.69, 9.17) is 0 Å². The normalized spacial score (nSPS) is 10.2. The van der Waals surface area contributed by atoms with Crippen LogP contribution in [0, 0.1) is 0 Å². The molecule has 0 saturated carbocycles. The van der Waals surface area contributed by atoms with E-state index in [0.29, 0.717) is 0 Å². The molecule has 13 heavy (non-hydrogen) atoms. The Morgan fingerprint density at radius 2 is 2.08 bits per heavy atom. The summed E-state index contributed by atoms with van der Waals surface area (Å²) in [6.07, 6.45) is 5.11. The number of benzene rings is 1. The first-order chi connectivity index (χ1) is 6.33. The lowest BCUT2D eigenvalue weighted by Gasteiger charge is -2.04. The largest absolute Gasteiger partial charge is 0.356 e. The maximum absolute atomic E-state index is 3.89. The summed E-state index contributed by atoms with van der Waals surface area (Å²) in [6.45, 7) is 5.99. The molecular formula is C12H15N. The molecule has 0 bridgehead atoms. The fraction of sp³-hybridized carbons (Fsp3) is 0.167. The van der Waals surface area contributed by atoms with E-state index in [0.717, 1.165) is 17.8 Å². The van der Waals surface area contributed by atoms with Gasteiger partial charge in [0.25, 0.3) is 0 Å². The fourth-order valence-corrected chi connectivity index (χ4v) is 1.01. The van der Waals surface area contributed by atoms with Crippen molar-refractivity contribution in [3.05, 3.63) is 54.8 Å². The van der Waals surface area contributed by atoms with Crippen LogP contribution < -0.4 is 5.32 Å². The topological polar surface area (TPSA) is 12.0 Å². The summed E-state index contributed by atoms with van der Waals surface area (Å²) in [4.78, 5) is 0. The predicted octanol–water partition coefficient (Wildman–Crippen LogP) is 3.58. The Morgan fingerprint density at radius 1 is 1.38 bits per heavy atom. The highest BCUT2D eigenvalue weighted by Gasteiger charge is 1.88. The summed E-state index contributed by atoms with van der Waals surface area (Å²) in [5, 5.41) is 3.20. The van der Waals surface area contributed by atoms with Crippen LogP contribution in [-0.2, 0) is 0 Å². The number of hydrogen-bond donors (Lipinski definition) is 1. The standard InChI is InChI=1S/C12H15N/c1-3-4-8-11(2)13-12-9-6-5-7-10-12/h4-10,13H,2-3H2,1H3/b8-4-. The minimum atomic E-state index is 0.924. The van der Waals surface area contributed by atoms with Crippen molar-refractivity contribution in [1.29, 1.82) is 0 Å². The van der Waals surface area contributed by atoms with Crippen molar-refractivity contribution in [2.75, 3.05) is 5.32 Å². The molecule has 1 N–H and O–H groups in total. The highest BCUT2D eigenvalue weighted by Crippen LogP contribution is 2.08. The van der Waals surface area contributed by atoms with Crippen LogP contribution in [-0.4, -0.2) is 0 Å². The lowest BCUT2D eigenvalue weighted by Crippen LogP contribution is -1.93. The molecule has 0 amide bonds. The van der Waals surface area contributed by atoms with Crippen LogP contribution in [0.15, 0.2) is 54.8 Å². The van der Waals surface area contributed by atoms with Crippen molar-refractivity contribution in [2.24, 2.45) is 0 Å². The highest BCUT2D eigenvalue weighted by atomic mass is 14.9. The molecule has 68 valence electrons. The van der Waals surface area contributed by atoms with Gasteiger partial charge in [0, 0.05) is 11.4 Å². The van der Waals surface area contributed by atoms with Crippen LogP contribution in [0.2, 0.25) is 0 Å². The van der Waals surface area contributed by atoms with Crippen molar-refractivity contribution in [2.45, 2.75) is 13.3 Å². The molecule has 0 spiro atoms. The smallest absolute Gasteiger partial charge is 0.0384 e. The van der Waals surface area contributed by atoms with Gasteiger partial charge in [-0.25, -0.2) is 0 Å². The average molecular weight is 173 g/mol. The molecule has 0 aliphatic carbocycles. The third kappa shape index (κ3) is 3.61. The highest BCUT2D eigenvalue weighted by molar-refractivity contribution is 5.49. The number of anilines is 1. The molecule has 0 unspecified atom stereocenters. The summed E-state index contributed by atoms with van der Waals surface area (Å²) in [5.41, 5.74) is 2.00. The molecule has 0 radical (unpaired) electrons. The number of nitrogens with one attached hydrogen (secondary N) is 1. The van der Waals surface area contributed by atoms with Gasteiger partial charge < -0.3 is 5.32 Å². The summed E-state index contributed by atoms with van der Waals surface area (Å²) in [6, 6.07) is 10.0. The third-order valence-corrected chi connectivity index (χ3v) is 1.63. The first kappa shape index (κ1) is 9.59. The summed E-state index contributed by atoms with van der Waals surface area (Å²) >= 11 is 0. The van der Waals surface area contributed by atoms with Gasteiger partial charge in [-0.2, -0.15) is 0 Å². The van der Waals surface area contributed by atoms with Crippen LogP contribution in [0.1, 0.15) is 13.3 Å². The van der Waals surface area contributed by atoms with Gasteiger partial charge in [0.2, 0.25) is 0 Å². The predicted molar refractivity (Wildman–Crippen MR) is 58.6 cm³/mol. The zero-order chi connectivity index (χ0) is 9.52. The second-order valence-electron chi connectivity index (χ2n) is 2.83. The SMILES string of the molecule is C=C(/C=C\CC)Nc1ccccc1. The maximum atomic E-state index is 3.89. The minimum absolute atomic E-state index is 0.924. The van der Waals surface area contributed by atoms with E-state index in [1.54, 1.807) is 0 Å². The summed E-state index contributed by atoms with van der Waals surface area (Å²) in [7, 11) is 0. The first-order valence-corrected chi connectivity index (χ1v) is 4.50. The molecule has 0 atom stereocenters. The monoisotopic (exact) mass is 173 g/mol. The minimum Gasteiger partial charge on any atom is -0.356 e.